The van der Waals surface area contributed by atoms with Crippen molar-refractivity contribution in [2.45, 2.75) is 77.0 Å². The molecule has 160 valence electrons. The fourth-order valence-electron chi connectivity index (χ4n) is 5.07. The Balaban J connectivity index is 1.58. The van der Waals surface area contributed by atoms with Gasteiger partial charge in [-0.15, -0.1) is 0 Å². The van der Waals surface area contributed by atoms with E-state index in [-0.39, 0.29) is 17.1 Å². The molecular formula is C24H34N6. The molecule has 1 fully saturated rings. The van der Waals surface area contributed by atoms with Crippen LogP contribution in [0.15, 0.2) is 36.7 Å². The van der Waals surface area contributed by atoms with Crippen molar-refractivity contribution in [3.05, 3.63) is 42.2 Å². The molecule has 3 heterocycles. The maximum atomic E-state index is 5.95. The van der Waals surface area contributed by atoms with Gasteiger partial charge in [0.1, 0.15) is 0 Å². The molecule has 1 saturated heterocycles. The van der Waals surface area contributed by atoms with Crippen LogP contribution in [0, 0.1) is 0 Å². The van der Waals surface area contributed by atoms with Crippen molar-refractivity contribution in [1.29, 1.82) is 0 Å². The summed E-state index contributed by atoms with van der Waals surface area (Å²) in [7, 11) is 0. The van der Waals surface area contributed by atoms with E-state index in [0.29, 0.717) is 12.0 Å². The molecule has 1 aromatic carbocycles. The molecule has 0 saturated carbocycles. The van der Waals surface area contributed by atoms with Gasteiger partial charge < -0.3 is 21.4 Å². The summed E-state index contributed by atoms with van der Waals surface area (Å²) in [6, 6.07) is 8.95. The zero-order valence-electron chi connectivity index (χ0n) is 18.7. The van der Waals surface area contributed by atoms with Crippen LogP contribution in [-0.4, -0.2) is 38.1 Å². The number of nitrogens with zero attached hydrogens (tertiary/aromatic N) is 2. The van der Waals surface area contributed by atoms with Crippen molar-refractivity contribution in [1.82, 2.24) is 20.3 Å². The lowest BCUT2D eigenvalue weighted by Gasteiger charge is -2.46. The smallest absolute Gasteiger partial charge is 0.223 e. The van der Waals surface area contributed by atoms with Gasteiger partial charge in [-0.1, -0.05) is 12.1 Å². The quantitative estimate of drug-likeness (QED) is 0.509. The third-order valence-corrected chi connectivity index (χ3v) is 5.76. The Kier molecular flexibility index (Phi) is 5.32. The number of aromatic nitrogens is 3. The Bertz CT molecular complexity index is 1020. The summed E-state index contributed by atoms with van der Waals surface area (Å²) in [5.41, 5.74) is 10.5. The number of rotatable bonds is 5. The number of hydrogen-bond donors (Lipinski definition) is 4. The van der Waals surface area contributed by atoms with Crippen LogP contribution < -0.4 is 16.4 Å². The molecule has 0 amide bonds. The molecule has 6 heteroatoms. The second-order valence-corrected chi connectivity index (χ2v) is 10.2. The van der Waals surface area contributed by atoms with Crippen LogP contribution in [0.4, 0.5) is 5.95 Å². The van der Waals surface area contributed by atoms with Gasteiger partial charge in [0.25, 0.3) is 0 Å². The average molecular weight is 407 g/mol. The number of fused-ring (bicyclic) bond motifs is 1. The highest BCUT2D eigenvalue weighted by Crippen LogP contribution is 2.31. The molecule has 0 bridgehead atoms. The molecular weight excluding hydrogens is 372 g/mol. The Labute approximate surface area is 179 Å². The van der Waals surface area contributed by atoms with Crippen LogP contribution in [0.25, 0.3) is 22.2 Å². The minimum absolute atomic E-state index is 0.0760. The maximum Gasteiger partial charge on any atom is 0.223 e. The Morgan fingerprint density at radius 2 is 1.90 bits per heavy atom. The number of anilines is 1. The zero-order valence-corrected chi connectivity index (χ0v) is 18.7. The fraction of sp³-hybridized carbons (Fsp3) is 0.500. The number of piperidine rings is 1. The lowest BCUT2D eigenvalue weighted by molar-refractivity contribution is 0.170. The van der Waals surface area contributed by atoms with Gasteiger partial charge in [-0.25, -0.2) is 9.97 Å². The van der Waals surface area contributed by atoms with Crippen molar-refractivity contribution in [3.63, 3.8) is 0 Å². The summed E-state index contributed by atoms with van der Waals surface area (Å²) in [5.74, 6) is 0.689. The molecule has 0 radical (unpaired) electrons. The van der Waals surface area contributed by atoms with Crippen LogP contribution >= 0.6 is 0 Å². The first kappa shape index (κ1) is 20.8. The summed E-state index contributed by atoms with van der Waals surface area (Å²) in [6.07, 6.45) is 6.79. The molecule has 1 atom stereocenters. The summed E-state index contributed by atoms with van der Waals surface area (Å²) in [6.45, 7) is 11.1. The van der Waals surface area contributed by atoms with Crippen LogP contribution in [0.5, 0.6) is 0 Å². The highest BCUT2D eigenvalue weighted by atomic mass is 15.1. The number of nitrogens with two attached hydrogens (primary N) is 1. The molecule has 0 spiro atoms. The van der Waals surface area contributed by atoms with Crippen molar-refractivity contribution >= 4 is 16.9 Å². The van der Waals surface area contributed by atoms with Gasteiger partial charge in [0.2, 0.25) is 5.95 Å². The lowest BCUT2D eigenvalue weighted by atomic mass is 9.80. The first-order valence-corrected chi connectivity index (χ1v) is 10.9. The van der Waals surface area contributed by atoms with E-state index in [4.69, 9.17) is 10.7 Å². The van der Waals surface area contributed by atoms with E-state index in [0.717, 1.165) is 41.4 Å². The molecule has 30 heavy (non-hydrogen) atoms. The predicted molar refractivity (Wildman–Crippen MR) is 125 cm³/mol. The average Bonchev–Trinajstić information content (AvgIpc) is 3.02. The molecule has 3 aromatic rings. The third kappa shape index (κ3) is 4.65. The van der Waals surface area contributed by atoms with E-state index in [2.05, 4.69) is 66.5 Å². The molecule has 4 rings (SSSR count). The summed E-state index contributed by atoms with van der Waals surface area (Å²) >= 11 is 0. The lowest BCUT2D eigenvalue weighted by Crippen LogP contribution is -2.60. The van der Waals surface area contributed by atoms with E-state index in [1.165, 1.54) is 5.56 Å². The van der Waals surface area contributed by atoms with Gasteiger partial charge in [-0.05, 0) is 71.6 Å². The normalized spacial score (nSPS) is 19.7. The number of benzene rings is 1. The highest BCUT2D eigenvalue weighted by Gasteiger charge is 2.37. The van der Waals surface area contributed by atoms with Gasteiger partial charge in [-0.3, -0.25) is 0 Å². The summed E-state index contributed by atoms with van der Waals surface area (Å²) in [4.78, 5) is 12.7. The molecule has 1 aliphatic heterocycles. The summed E-state index contributed by atoms with van der Waals surface area (Å²) in [5, 5.41) is 8.48. The molecule has 1 aliphatic rings. The Morgan fingerprint density at radius 1 is 1.17 bits per heavy atom. The van der Waals surface area contributed by atoms with Gasteiger partial charge in [-0.2, -0.15) is 0 Å². The minimum Gasteiger partial charge on any atom is -0.360 e. The monoisotopic (exact) mass is 406 g/mol. The zero-order chi connectivity index (χ0) is 21.5. The summed E-state index contributed by atoms with van der Waals surface area (Å²) < 4.78 is 0. The van der Waals surface area contributed by atoms with E-state index in [1.807, 2.05) is 25.4 Å². The largest absolute Gasteiger partial charge is 0.360 e. The Morgan fingerprint density at radius 3 is 2.60 bits per heavy atom. The third-order valence-electron chi connectivity index (χ3n) is 5.76. The number of aromatic amines is 1. The van der Waals surface area contributed by atoms with Gasteiger partial charge >= 0.3 is 0 Å². The number of H-pyrrole nitrogens is 1. The first-order valence-electron chi connectivity index (χ1n) is 10.9. The standard InChI is InChI=1S/C24H34N6/c1-15(25)10-16-6-7-18-19(14-27-21(18)11-16)20-8-9-26-22(29-20)28-17-12-23(2,3)30-24(4,5)13-17/h6-9,11,14-15,17,27,30H,10,12-13,25H2,1-5H3,(H,26,28,29). The molecule has 6 nitrogen and oxygen atoms in total. The Hall–Kier alpha value is -2.44. The van der Waals surface area contributed by atoms with Crippen molar-refractivity contribution < 1.29 is 0 Å². The van der Waals surface area contributed by atoms with Gasteiger partial charge in [0.15, 0.2) is 0 Å². The SMILES string of the molecule is CC(N)Cc1ccc2c(-c3ccnc(NC4CC(C)(C)NC(C)(C)C4)n3)c[nH]c2c1. The van der Waals surface area contributed by atoms with Crippen molar-refractivity contribution in [2.24, 2.45) is 5.73 Å². The predicted octanol–water partition coefficient (Wildman–Crippen LogP) is 4.24. The van der Waals surface area contributed by atoms with E-state index >= 15 is 0 Å². The first-order chi connectivity index (χ1) is 14.1. The van der Waals surface area contributed by atoms with Crippen LogP contribution in [0.3, 0.4) is 0 Å². The topological polar surface area (TPSA) is 91.7 Å². The second-order valence-electron chi connectivity index (χ2n) is 10.2. The van der Waals surface area contributed by atoms with E-state index < -0.39 is 0 Å². The van der Waals surface area contributed by atoms with Crippen LogP contribution in [0.1, 0.15) is 53.0 Å². The van der Waals surface area contributed by atoms with E-state index in [9.17, 15) is 0 Å². The van der Waals surface area contributed by atoms with Gasteiger partial charge in [0, 0.05) is 52.0 Å². The fourth-order valence-corrected chi connectivity index (χ4v) is 5.07. The molecule has 2 aromatic heterocycles. The number of nitrogens with one attached hydrogen (secondary N) is 3. The van der Waals surface area contributed by atoms with E-state index in [1.54, 1.807) is 0 Å². The van der Waals surface area contributed by atoms with Crippen molar-refractivity contribution in [2.75, 3.05) is 5.32 Å². The second kappa shape index (κ2) is 7.67. The minimum atomic E-state index is 0.0760. The maximum absolute atomic E-state index is 5.95. The number of hydrogen-bond acceptors (Lipinski definition) is 5. The molecule has 1 unspecified atom stereocenters. The van der Waals surface area contributed by atoms with Crippen LogP contribution in [-0.2, 0) is 6.42 Å². The van der Waals surface area contributed by atoms with Crippen LogP contribution in [0.2, 0.25) is 0 Å². The highest BCUT2D eigenvalue weighted by molar-refractivity contribution is 5.95. The van der Waals surface area contributed by atoms with Crippen molar-refractivity contribution in [3.8, 4) is 11.3 Å². The molecule has 5 N–H and O–H groups in total. The van der Waals surface area contributed by atoms with Gasteiger partial charge in [0.05, 0.1) is 5.69 Å². The molecule has 0 aliphatic carbocycles.